The van der Waals surface area contributed by atoms with Gasteiger partial charge in [-0.15, -0.1) is 0 Å². The van der Waals surface area contributed by atoms with Crippen molar-refractivity contribution >= 4 is 17.7 Å². The Morgan fingerprint density at radius 2 is 1.87 bits per heavy atom. The van der Waals surface area contributed by atoms with Crippen molar-refractivity contribution in [2.75, 3.05) is 13.1 Å². The van der Waals surface area contributed by atoms with Crippen molar-refractivity contribution in [2.45, 2.75) is 44.9 Å². The van der Waals surface area contributed by atoms with Gasteiger partial charge in [-0.05, 0) is 54.8 Å². The second-order valence-electron chi connectivity index (χ2n) is 7.96. The van der Waals surface area contributed by atoms with E-state index in [1.807, 2.05) is 30.5 Å². The number of pyridine rings is 1. The summed E-state index contributed by atoms with van der Waals surface area (Å²) in [6, 6.07) is 9.31. The number of imide groups is 1. The van der Waals surface area contributed by atoms with Gasteiger partial charge in [0.25, 0.3) is 5.91 Å². The summed E-state index contributed by atoms with van der Waals surface area (Å²) in [7, 11) is 0. The van der Waals surface area contributed by atoms with Crippen LogP contribution in [0.25, 0.3) is 0 Å². The molecule has 2 aromatic rings. The lowest BCUT2D eigenvalue weighted by molar-refractivity contribution is -0.136. The number of fused-ring (bicyclic) bond motifs is 1. The zero-order chi connectivity index (χ0) is 21.6. The number of rotatable bonds is 9. The van der Waals surface area contributed by atoms with Crippen molar-refractivity contribution < 1.29 is 14.4 Å². The summed E-state index contributed by atoms with van der Waals surface area (Å²) in [6.45, 7) is 3.68. The van der Waals surface area contributed by atoms with Crippen LogP contribution in [0.15, 0.2) is 42.7 Å². The van der Waals surface area contributed by atoms with Crippen LogP contribution in [0.3, 0.4) is 0 Å². The van der Waals surface area contributed by atoms with Crippen LogP contribution >= 0.6 is 0 Å². The SMILES string of the molecule is O=C1CCC(N2Cc3ccc(CNCCCNCc4cccnc4)cc3C2=O)C(=O)N1. The first-order valence-corrected chi connectivity index (χ1v) is 10.7. The molecule has 31 heavy (non-hydrogen) atoms. The van der Waals surface area contributed by atoms with Gasteiger partial charge in [-0.2, -0.15) is 0 Å². The molecule has 3 N–H and O–H groups in total. The van der Waals surface area contributed by atoms with E-state index in [2.05, 4.69) is 27.0 Å². The number of nitrogens with one attached hydrogen (secondary N) is 3. The zero-order valence-corrected chi connectivity index (χ0v) is 17.4. The van der Waals surface area contributed by atoms with Crippen molar-refractivity contribution in [1.29, 1.82) is 0 Å². The van der Waals surface area contributed by atoms with E-state index in [-0.39, 0.29) is 24.1 Å². The fourth-order valence-electron chi connectivity index (χ4n) is 4.02. The lowest BCUT2D eigenvalue weighted by atomic mass is 10.0. The third-order valence-corrected chi connectivity index (χ3v) is 5.68. The lowest BCUT2D eigenvalue weighted by Gasteiger charge is -2.29. The topological polar surface area (TPSA) is 103 Å². The summed E-state index contributed by atoms with van der Waals surface area (Å²) >= 11 is 0. The predicted molar refractivity (Wildman–Crippen MR) is 115 cm³/mol. The Labute approximate surface area is 181 Å². The molecule has 0 radical (unpaired) electrons. The van der Waals surface area contributed by atoms with Gasteiger partial charge in [-0.1, -0.05) is 18.2 Å². The van der Waals surface area contributed by atoms with Crippen LogP contribution in [-0.4, -0.2) is 46.7 Å². The first kappa shape index (κ1) is 21.1. The molecule has 8 heteroatoms. The molecular weight excluding hydrogens is 394 g/mol. The van der Waals surface area contributed by atoms with Crippen molar-refractivity contribution in [2.24, 2.45) is 0 Å². The molecule has 1 saturated heterocycles. The average Bonchev–Trinajstić information content (AvgIpc) is 3.09. The highest BCUT2D eigenvalue weighted by molar-refractivity contribution is 6.05. The maximum Gasteiger partial charge on any atom is 0.255 e. The molecule has 4 rings (SSSR count). The zero-order valence-electron chi connectivity index (χ0n) is 17.4. The Bertz CT molecular complexity index is 963. The van der Waals surface area contributed by atoms with Gasteiger partial charge in [0, 0.05) is 44.0 Å². The van der Waals surface area contributed by atoms with Gasteiger partial charge in [0.15, 0.2) is 0 Å². The van der Waals surface area contributed by atoms with Crippen molar-refractivity contribution in [3.8, 4) is 0 Å². The van der Waals surface area contributed by atoms with Gasteiger partial charge in [-0.25, -0.2) is 0 Å². The lowest BCUT2D eigenvalue weighted by Crippen LogP contribution is -2.52. The molecular formula is C23H27N5O3. The third-order valence-electron chi connectivity index (χ3n) is 5.68. The Hall–Kier alpha value is -3.10. The highest BCUT2D eigenvalue weighted by Crippen LogP contribution is 2.28. The Morgan fingerprint density at radius 3 is 2.61 bits per heavy atom. The number of carbonyl (C=O) groups is 3. The molecule has 1 fully saturated rings. The molecule has 1 aromatic carbocycles. The first-order chi connectivity index (χ1) is 15.1. The molecule has 0 spiro atoms. The highest BCUT2D eigenvalue weighted by atomic mass is 16.2. The standard InChI is InChI=1S/C23H27N5O3/c29-21-7-6-20(22(30)27-21)28-15-18-5-4-16(11-19(18)23(28)31)12-25-9-2-10-26-14-17-3-1-8-24-13-17/h1,3-5,8,11,13,20,25-26H,2,6-7,9-10,12,14-15H2,(H,27,29,30). The van der Waals surface area contributed by atoms with E-state index in [0.717, 1.165) is 37.2 Å². The fraction of sp³-hybridized carbons (Fsp3) is 0.391. The molecule has 2 aliphatic heterocycles. The van der Waals surface area contributed by atoms with Gasteiger partial charge in [0.05, 0.1) is 0 Å². The van der Waals surface area contributed by atoms with E-state index < -0.39 is 6.04 Å². The molecule has 1 aromatic heterocycles. The van der Waals surface area contributed by atoms with Crippen LogP contribution in [-0.2, 0) is 29.2 Å². The second kappa shape index (κ2) is 9.80. The monoisotopic (exact) mass is 421 g/mol. The Kier molecular flexibility index (Phi) is 6.69. The quantitative estimate of drug-likeness (QED) is 0.414. The molecule has 0 bridgehead atoms. The van der Waals surface area contributed by atoms with Crippen LogP contribution in [0.5, 0.6) is 0 Å². The Balaban J connectivity index is 1.22. The molecule has 162 valence electrons. The van der Waals surface area contributed by atoms with Crippen molar-refractivity contribution in [1.82, 2.24) is 25.8 Å². The van der Waals surface area contributed by atoms with Crippen LogP contribution < -0.4 is 16.0 Å². The minimum Gasteiger partial charge on any atom is -0.322 e. The van der Waals surface area contributed by atoms with E-state index in [9.17, 15) is 14.4 Å². The number of aromatic nitrogens is 1. The number of carbonyl (C=O) groups excluding carboxylic acids is 3. The van der Waals surface area contributed by atoms with Crippen molar-refractivity contribution in [3.05, 3.63) is 65.0 Å². The highest BCUT2D eigenvalue weighted by Gasteiger charge is 2.38. The van der Waals surface area contributed by atoms with Gasteiger partial charge < -0.3 is 15.5 Å². The van der Waals surface area contributed by atoms with Gasteiger partial charge >= 0.3 is 0 Å². The van der Waals surface area contributed by atoms with Crippen LogP contribution in [0.2, 0.25) is 0 Å². The van der Waals surface area contributed by atoms with Crippen LogP contribution in [0, 0.1) is 0 Å². The average molecular weight is 422 g/mol. The summed E-state index contributed by atoms with van der Waals surface area (Å²) in [4.78, 5) is 42.1. The number of piperidine rings is 1. The molecule has 0 aliphatic carbocycles. The summed E-state index contributed by atoms with van der Waals surface area (Å²) < 4.78 is 0. The van der Waals surface area contributed by atoms with Crippen LogP contribution in [0.1, 0.15) is 46.3 Å². The largest absolute Gasteiger partial charge is 0.322 e. The summed E-state index contributed by atoms with van der Waals surface area (Å²) in [6.07, 6.45) is 5.28. The smallest absolute Gasteiger partial charge is 0.255 e. The summed E-state index contributed by atoms with van der Waals surface area (Å²) in [5.41, 5.74) is 3.80. The normalized spacial score (nSPS) is 18.3. The minimum absolute atomic E-state index is 0.133. The minimum atomic E-state index is -0.571. The first-order valence-electron chi connectivity index (χ1n) is 10.7. The molecule has 0 saturated carbocycles. The number of benzene rings is 1. The number of hydrogen-bond acceptors (Lipinski definition) is 6. The van der Waals surface area contributed by atoms with Gasteiger partial charge in [-0.3, -0.25) is 24.7 Å². The van der Waals surface area contributed by atoms with Crippen molar-refractivity contribution in [3.63, 3.8) is 0 Å². The molecule has 3 amide bonds. The maximum atomic E-state index is 12.9. The molecule has 2 aliphatic rings. The van der Waals surface area contributed by atoms with E-state index in [4.69, 9.17) is 0 Å². The number of amides is 3. The number of nitrogens with zero attached hydrogens (tertiary/aromatic N) is 2. The number of hydrogen-bond donors (Lipinski definition) is 3. The molecule has 3 heterocycles. The third kappa shape index (κ3) is 5.15. The second-order valence-corrected chi connectivity index (χ2v) is 7.96. The molecule has 1 unspecified atom stereocenters. The van der Waals surface area contributed by atoms with E-state index in [1.54, 1.807) is 11.1 Å². The Morgan fingerprint density at radius 1 is 1.06 bits per heavy atom. The fourth-order valence-corrected chi connectivity index (χ4v) is 4.02. The predicted octanol–water partition coefficient (Wildman–Crippen LogP) is 1.11. The van der Waals surface area contributed by atoms with Crippen LogP contribution in [0.4, 0.5) is 0 Å². The molecule has 8 nitrogen and oxygen atoms in total. The van der Waals surface area contributed by atoms with E-state index in [0.29, 0.717) is 25.1 Å². The molecule has 1 atom stereocenters. The van der Waals surface area contributed by atoms with E-state index in [1.165, 1.54) is 5.56 Å². The van der Waals surface area contributed by atoms with Gasteiger partial charge in [0.2, 0.25) is 11.8 Å². The van der Waals surface area contributed by atoms with E-state index >= 15 is 0 Å². The summed E-state index contributed by atoms with van der Waals surface area (Å²) in [5.74, 6) is -0.784. The maximum absolute atomic E-state index is 12.9. The summed E-state index contributed by atoms with van der Waals surface area (Å²) in [5, 5.41) is 9.15. The van der Waals surface area contributed by atoms with Gasteiger partial charge in [0.1, 0.15) is 6.04 Å².